The van der Waals surface area contributed by atoms with E-state index in [1.165, 1.54) is 0 Å². The summed E-state index contributed by atoms with van der Waals surface area (Å²) in [6.45, 7) is 3.19. The second kappa shape index (κ2) is 8.06. The van der Waals surface area contributed by atoms with E-state index in [-0.39, 0.29) is 0 Å². The predicted molar refractivity (Wildman–Crippen MR) is 104 cm³/mol. The third-order valence-corrected chi connectivity index (χ3v) is 4.49. The Balaban J connectivity index is 2.17. The smallest absolute Gasteiger partial charge is 0.335 e. The lowest BCUT2D eigenvalue weighted by atomic mass is 9.99. The van der Waals surface area contributed by atoms with Crippen LogP contribution in [-0.2, 0) is 6.42 Å². The Labute approximate surface area is 152 Å². The molecule has 2 aromatic carbocycles. The molecule has 0 saturated carbocycles. The van der Waals surface area contributed by atoms with Crippen molar-refractivity contribution in [3.63, 3.8) is 0 Å². The Hall–Kier alpha value is -2.79. The highest BCUT2D eigenvalue weighted by molar-refractivity contribution is 5.98. The van der Waals surface area contributed by atoms with Crippen LogP contribution in [0.5, 0.6) is 5.75 Å². The highest BCUT2D eigenvalue weighted by atomic mass is 16.5. The van der Waals surface area contributed by atoms with E-state index in [9.17, 15) is 9.90 Å². The first-order valence-electron chi connectivity index (χ1n) is 8.95. The molecule has 26 heavy (non-hydrogen) atoms. The number of fused-ring (bicyclic) bond motifs is 1. The molecule has 5 nitrogen and oxygen atoms in total. The minimum absolute atomic E-state index is 0.293. The molecule has 1 aromatic heterocycles. The van der Waals surface area contributed by atoms with Gasteiger partial charge in [-0.15, -0.1) is 0 Å². The molecule has 3 aromatic rings. The third kappa shape index (κ3) is 3.58. The van der Waals surface area contributed by atoms with E-state index < -0.39 is 5.97 Å². The lowest BCUT2D eigenvalue weighted by molar-refractivity contribution is 0.0697. The number of hydrogen-bond donors (Lipinski definition) is 3. The van der Waals surface area contributed by atoms with Crippen LogP contribution in [0.15, 0.2) is 42.5 Å². The van der Waals surface area contributed by atoms with E-state index >= 15 is 0 Å². The van der Waals surface area contributed by atoms with Gasteiger partial charge in [0, 0.05) is 16.5 Å². The van der Waals surface area contributed by atoms with Gasteiger partial charge in [-0.2, -0.15) is 0 Å². The zero-order valence-electron chi connectivity index (χ0n) is 14.9. The van der Waals surface area contributed by atoms with E-state index in [0.29, 0.717) is 18.7 Å². The first kappa shape index (κ1) is 18.0. The number of carboxylic acids is 1. The van der Waals surface area contributed by atoms with Gasteiger partial charge in [0.1, 0.15) is 5.75 Å². The summed E-state index contributed by atoms with van der Waals surface area (Å²) >= 11 is 0. The summed E-state index contributed by atoms with van der Waals surface area (Å²) in [7, 11) is 0. The monoisotopic (exact) mass is 352 g/mol. The highest BCUT2D eigenvalue weighted by Gasteiger charge is 2.17. The molecule has 5 heteroatoms. The predicted octanol–water partition coefficient (Wildman–Crippen LogP) is 4.21. The number of carboxylic acid groups (broad SMARTS) is 1. The number of aryl methyl sites for hydroxylation is 1. The molecule has 0 aliphatic heterocycles. The maximum Gasteiger partial charge on any atom is 0.335 e. The van der Waals surface area contributed by atoms with Crippen molar-refractivity contribution in [1.29, 1.82) is 0 Å². The molecule has 0 saturated heterocycles. The maximum atomic E-state index is 11.4. The molecule has 3 rings (SSSR count). The van der Waals surface area contributed by atoms with Crippen LogP contribution in [0.2, 0.25) is 0 Å². The standard InChI is InChI=1S/C21H24N2O3/c1-2-26-19-9-4-3-8-16(19)20-15(7-5-6-12-22)17-13-14(21(24)25)10-11-18(17)23-20/h3-4,8-11,13,23H,2,5-7,12,22H2,1H3,(H,24,25). The van der Waals surface area contributed by atoms with Crippen LogP contribution in [0, 0.1) is 0 Å². The van der Waals surface area contributed by atoms with Gasteiger partial charge in [0.05, 0.1) is 17.9 Å². The first-order valence-corrected chi connectivity index (χ1v) is 8.95. The van der Waals surface area contributed by atoms with E-state index in [1.54, 1.807) is 12.1 Å². The van der Waals surface area contributed by atoms with Crippen molar-refractivity contribution in [3.05, 3.63) is 53.6 Å². The molecule has 0 aliphatic rings. The Bertz CT molecular complexity index is 915. The van der Waals surface area contributed by atoms with Crippen LogP contribution in [0.3, 0.4) is 0 Å². The first-order chi connectivity index (χ1) is 12.7. The van der Waals surface area contributed by atoms with Gasteiger partial charge in [0.15, 0.2) is 0 Å². The number of aromatic amines is 1. The summed E-state index contributed by atoms with van der Waals surface area (Å²) in [6, 6.07) is 13.1. The third-order valence-electron chi connectivity index (χ3n) is 4.49. The summed E-state index contributed by atoms with van der Waals surface area (Å²) in [6.07, 6.45) is 2.71. The summed E-state index contributed by atoms with van der Waals surface area (Å²) in [5.41, 5.74) is 9.97. The van der Waals surface area contributed by atoms with Gasteiger partial charge in [-0.1, -0.05) is 12.1 Å². The second-order valence-corrected chi connectivity index (χ2v) is 6.22. The Morgan fingerprint density at radius 2 is 2.00 bits per heavy atom. The van der Waals surface area contributed by atoms with E-state index in [2.05, 4.69) is 4.98 Å². The van der Waals surface area contributed by atoms with Crippen molar-refractivity contribution in [2.45, 2.75) is 26.2 Å². The van der Waals surface area contributed by atoms with Crippen molar-refractivity contribution in [1.82, 2.24) is 4.98 Å². The minimum Gasteiger partial charge on any atom is -0.493 e. The Morgan fingerprint density at radius 3 is 2.73 bits per heavy atom. The van der Waals surface area contributed by atoms with Gasteiger partial charge >= 0.3 is 5.97 Å². The van der Waals surface area contributed by atoms with Gasteiger partial charge in [-0.25, -0.2) is 4.79 Å². The van der Waals surface area contributed by atoms with Crippen molar-refractivity contribution < 1.29 is 14.6 Å². The van der Waals surface area contributed by atoms with Crippen LogP contribution in [-0.4, -0.2) is 29.2 Å². The summed E-state index contributed by atoms with van der Waals surface area (Å²) in [5, 5.41) is 10.3. The number of aromatic carboxylic acids is 1. The minimum atomic E-state index is -0.919. The molecule has 4 N–H and O–H groups in total. The fraction of sp³-hybridized carbons (Fsp3) is 0.286. The normalized spacial score (nSPS) is 11.0. The van der Waals surface area contributed by atoms with E-state index in [4.69, 9.17) is 10.5 Å². The number of rotatable bonds is 8. The van der Waals surface area contributed by atoms with Crippen LogP contribution < -0.4 is 10.5 Å². The topological polar surface area (TPSA) is 88.3 Å². The number of para-hydroxylation sites is 1. The van der Waals surface area contributed by atoms with Crippen molar-refractivity contribution in [2.75, 3.05) is 13.2 Å². The Morgan fingerprint density at radius 1 is 1.19 bits per heavy atom. The fourth-order valence-electron chi connectivity index (χ4n) is 3.27. The van der Waals surface area contributed by atoms with Crippen molar-refractivity contribution >= 4 is 16.9 Å². The molecule has 0 aliphatic carbocycles. The summed E-state index contributed by atoms with van der Waals surface area (Å²) in [4.78, 5) is 14.9. The van der Waals surface area contributed by atoms with Crippen LogP contribution in [0.1, 0.15) is 35.7 Å². The number of ether oxygens (including phenoxy) is 1. The molecule has 136 valence electrons. The molecule has 0 atom stereocenters. The number of hydrogen-bond acceptors (Lipinski definition) is 3. The SMILES string of the molecule is CCOc1ccccc1-c1[nH]c2ccc(C(=O)O)cc2c1CCCCN. The average Bonchev–Trinajstić information content (AvgIpc) is 3.00. The lowest BCUT2D eigenvalue weighted by Crippen LogP contribution is -2.00. The number of aromatic nitrogens is 1. The molecule has 0 spiro atoms. The molecule has 0 radical (unpaired) electrons. The zero-order chi connectivity index (χ0) is 18.5. The average molecular weight is 352 g/mol. The fourth-order valence-corrected chi connectivity index (χ4v) is 3.27. The van der Waals surface area contributed by atoms with Gasteiger partial charge in [0.2, 0.25) is 0 Å². The largest absolute Gasteiger partial charge is 0.493 e. The van der Waals surface area contributed by atoms with E-state index in [1.807, 2.05) is 37.3 Å². The molecule has 0 fully saturated rings. The number of nitrogens with one attached hydrogen (secondary N) is 1. The summed E-state index contributed by atoms with van der Waals surface area (Å²) < 4.78 is 5.80. The number of nitrogens with two attached hydrogens (primary N) is 1. The van der Waals surface area contributed by atoms with Gasteiger partial charge in [0.25, 0.3) is 0 Å². The van der Waals surface area contributed by atoms with Crippen LogP contribution in [0.25, 0.3) is 22.2 Å². The van der Waals surface area contributed by atoms with Gasteiger partial charge in [-0.3, -0.25) is 0 Å². The van der Waals surface area contributed by atoms with E-state index in [0.717, 1.165) is 52.7 Å². The molecule has 0 unspecified atom stereocenters. The van der Waals surface area contributed by atoms with Crippen molar-refractivity contribution in [2.24, 2.45) is 5.73 Å². The second-order valence-electron chi connectivity index (χ2n) is 6.22. The Kier molecular flexibility index (Phi) is 5.58. The maximum absolute atomic E-state index is 11.4. The number of H-pyrrole nitrogens is 1. The lowest BCUT2D eigenvalue weighted by Gasteiger charge is -2.11. The van der Waals surface area contributed by atoms with Gasteiger partial charge in [-0.05, 0) is 68.6 Å². The number of benzene rings is 2. The molecule has 0 amide bonds. The number of unbranched alkanes of at least 4 members (excludes halogenated alkanes) is 1. The molecule has 0 bridgehead atoms. The number of carbonyl (C=O) groups is 1. The van der Waals surface area contributed by atoms with Crippen LogP contribution >= 0.6 is 0 Å². The van der Waals surface area contributed by atoms with Crippen LogP contribution in [0.4, 0.5) is 0 Å². The molecular formula is C21H24N2O3. The molecule has 1 heterocycles. The summed E-state index contributed by atoms with van der Waals surface area (Å²) in [5.74, 6) is -0.0997. The quantitative estimate of drug-likeness (QED) is 0.530. The van der Waals surface area contributed by atoms with Crippen molar-refractivity contribution in [3.8, 4) is 17.0 Å². The highest BCUT2D eigenvalue weighted by Crippen LogP contribution is 2.37. The molecular weight excluding hydrogens is 328 g/mol. The van der Waals surface area contributed by atoms with Gasteiger partial charge < -0.3 is 20.6 Å². The zero-order valence-corrected chi connectivity index (χ0v) is 14.9.